The molecule has 0 saturated carbocycles. The number of methoxy groups -OCH3 is 2. The Kier molecular flexibility index (Phi) is 7.45. The fourth-order valence-corrected chi connectivity index (χ4v) is 2.50. The Morgan fingerprint density at radius 2 is 1.71 bits per heavy atom. The number of carbonyl (C=O) groups excluding carboxylic acids is 2. The van der Waals surface area contributed by atoms with Gasteiger partial charge in [-0.05, 0) is 42.8 Å². The summed E-state index contributed by atoms with van der Waals surface area (Å²) in [5.41, 5.74) is 1.26. The van der Waals surface area contributed by atoms with Crippen LogP contribution in [0.25, 0.3) is 6.08 Å². The van der Waals surface area contributed by atoms with Gasteiger partial charge in [-0.3, -0.25) is 9.59 Å². The average molecular weight is 384 g/mol. The number of ether oxygens (including phenoxy) is 3. The zero-order valence-electron chi connectivity index (χ0n) is 16.4. The third kappa shape index (κ3) is 5.51. The minimum Gasteiger partial charge on any atom is -0.493 e. The molecule has 0 bridgehead atoms. The summed E-state index contributed by atoms with van der Waals surface area (Å²) in [6.45, 7) is 3.66. The minimum absolute atomic E-state index is 0.0889. The molecular formula is C21H24N2O5. The SMILES string of the molecule is CCOc1ccccc1NC(=O)C(=Cc1ccc(OC)c(OC)c1)NC(C)=O. The molecule has 0 fully saturated rings. The topological polar surface area (TPSA) is 85.9 Å². The van der Waals surface area contributed by atoms with Crippen LogP contribution in [0, 0.1) is 0 Å². The highest BCUT2D eigenvalue weighted by atomic mass is 16.5. The maximum absolute atomic E-state index is 12.8. The number of hydrogen-bond donors (Lipinski definition) is 2. The van der Waals surface area contributed by atoms with Gasteiger partial charge in [0.25, 0.3) is 5.91 Å². The molecule has 7 heteroatoms. The first kappa shape index (κ1) is 20.8. The third-order valence-electron chi connectivity index (χ3n) is 3.71. The van der Waals surface area contributed by atoms with Crippen LogP contribution in [0.2, 0.25) is 0 Å². The summed E-state index contributed by atoms with van der Waals surface area (Å²) < 4.78 is 16.0. The minimum atomic E-state index is -0.475. The van der Waals surface area contributed by atoms with Crippen LogP contribution in [-0.2, 0) is 9.59 Å². The molecule has 7 nitrogen and oxygen atoms in total. The first-order chi connectivity index (χ1) is 13.5. The Morgan fingerprint density at radius 3 is 2.36 bits per heavy atom. The lowest BCUT2D eigenvalue weighted by atomic mass is 10.1. The Bertz CT molecular complexity index is 877. The summed E-state index contributed by atoms with van der Waals surface area (Å²) in [5.74, 6) is 0.792. The summed E-state index contributed by atoms with van der Waals surface area (Å²) in [6.07, 6.45) is 1.56. The van der Waals surface area contributed by atoms with Crippen LogP contribution in [0.3, 0.4) is 0 Å². The zero-order valence-corrected chi connectivity index (χ0v) is 16.4. The zero-order chi connectivity index (χ0) is 20.5. The molecule has 0 heterocycles. The number of anilines is 1. The fourth-order valence-electron chi connectivity index (χ4n) is 2.50. The van der Waals surface area contributed by atoms with E-state index in [2.05, 4.69) is 10.6 Å². The summed E-state index contributed by atoms with van der Waals surface area (Å²) in [5, 5.41) is 5.33. The number of hydrogen-bond acceptors (Lipinski definition) is 5. The maximum atomic E-state index is 12.8. The molecule has 2 rings (SSSR count). The van der Waals surface area contributed by atoms with Gasteiger partial charge < -0.3 is 24.8 Å². The highest BCUT2D eigenvalue weighted by molar-refractivity contribution is 6.09. The molecule has 2 amide bonds. The third-order valence-corrected chi connectivity index (χ3v) is 3.71. The van der Waals surface area contributed by atoms with E-state index in [-0.39, 0.29) is 11.6 Å². The highest BCUT2D eigenvalue weighted by Gasteiger charge is 2.14. The highest BCUT2D eigenvalue weighted by Crippen LogP contribution is 2.29. The van der Waals surface area contributed by atoms with Crippen molar-refractivity contribution in [2.75, 3.05) is 26.1 Å². The molecule has 0 spiro atoms. The Morgan fingerprint density at radius 1 is 1.00 bits per heavy atom. The van der Waals surface area contributed by atoms with Crippen LogP contribution in [0.4, 0.5) is 5.69 Å². The van der Waals surface area contributed by atoms with E-state index in [1.807, 2.05) is 13.0 Å². The van der Waals surface area contributed by atoms with Crippen LogP contribution < -0.4 is 24.8 Å². The molecule has 2 aromatic carbocycles. The van der Waals surface area contributed by atoms with Gasteiger partial charge in [0.2, 0.25) is 5.91 Å². The largest absolute Gasteiger partial charge is 0.493 e. The van der Waals surface area contributed by atoms with E-state index in [0.717, 1.165) is 0 Å². The van der Waals surface area contributed by atoms with E-state index in [1.54, 1.807) is 49.6 Å². The molecule has 2 aromatic rings. The first-order valence-electron chi connectivity index (χ1n) is 8.73. The van der Waals surface area contributed by atoms with E-state index < -0.39 is 5.91 Å². The van der Waals surface area contributed by atoms with Crippen molar-refractivity contribution in [3.63, 3.8) is 0 Å². The van der Waals surface area contributed by atoms with Crippen molar-refractivity contribution < 1.29 is 23.8 Å². The second-order valence-electron chi connectivity index (χ2n) is 5.74. The van der Waals surface area contributed by atoms with Gasteiger partial charge in [0.15, 0.2) is 11.5 Å². The second-order valence-corrected chi connectivity index (χ2v) is 5.74. The van der Waals surface area contributed by atoms with Gasteiger partial charge in [0.1, 0.15) is 11.4 Å². The van der Waals surface area contributed by atoms with Crippen molar-refractivity contribution in [1.29, 1.82) is 0 Å². The molecule has 0 atom stereocenters. The number of para-hydroxylation sites is 2. The van der Waals surface area contributed by atoms with Crippen LogP contribution in [0.15, 0.2) is 48.2 Å². The van der Waals surface area contributed by atoms with E-state index >= 15 is 0 Å². The lowest BCUT2D eigenvalue weighted by molar-refractivity contribution is -0.120. The van der Waals surface area contributed by atoms with Crippen molar-refractivity contribution in [2.24, 2.45) is 0 Å². The number of rotatable bonds is 8. The Hall–Kier alpha value is -3.48. The Balaban J connectivity index is 2.34. The summed E-state index contributed by atoms with van der Waals surface area (Å²) in [4.78, 5) is 24.4. The quantitative estimate of drug-likeness (QED) is 0.683. The molecule has 0 aliphatic heterocycles. The molecule has 0 radical (unpaired) electrons. The molecule has 0 saturated heterocycles. The van der Waals surface area contributed by atoms with Crippen molar-refractivity contribution in [3.05, 3.63) is 53.7 Å². The van der Waals surface area contributed by atoms with Gasteiger partial charge in [-0.15, -0.1) is 0 Å². The molecule has 28 heavy (non-hydrogen) atoms. The van der Waals surface area contributed by atoms with Gasteiger partial charge >= 0.3 is 0 Å². The van der Waals surface area contributed by atoms with E-state index in [1.165, 1.54) is 14.0 Å². The smallest absolute Gasteiger partial charge is 0.272 e. The van der Waals surface area contributed by atoms with Crippen LogP contribution >= 0.6 is 0 Å². The molecule has 0 aliphatic carbocycles. The molecule has 148 valence electrons. The average Bonchev–Trinajstić information content (AvgIpc) is 2.68. The summed E-state index contributed by atoms with van der Waals surface area (Å²) in [7, 11) is 3.07. The standard InChI is InChI=1S/C21H24N2O5/c1-5-28-18-9-7-6-8-16(18)23-21(25)17(22-14(2)24)12-15-10-11-19(26-3)20(13-15)27-4/h6-13H,5H2,1-4H3,(H,22,24)(H,23,25). The fraction of sp³-hybridized carbons (Fsp3) is 0.238. The number of carbonyl (C=O) groups is 2. The van der Waals surface area contributed by atoms with Crippen molar-refractivity contribution in [3.8, 4) is 17.2 Å². The van der Waals surface area contributed by atoms with Gasteiger partial charge in [-0.2, -0.15) is 0 Å². The Labute approximate surface area is 164 Å². The van der Waals surface area contributed by atoms with Crippen LogP contribution in [0.1, 0.15) is 19.4 Å². The normalized spacial score (nSPS) is 10.8. The van der Waals surface area contributed by atoms with Gasteiger partial charge in [-0.1, -0.05) is 18.2 Å². The van der Waals surface area contributed by atoms with Gasteiger partial charge in [0.05, 0.1) is 26.5 Å². The monoisotopic (exact) mass is 384 g/mol. The van der Waals surface area contributed by atoms with Crippen LogP contribution in [-0.4, -0.2) is 32.6 Å². The lowest BCUT2D eigenvalue weighted by Gasteiger charge is -2.13. The van der Waals surface area contributed by atoms with Gasteiger partial charge in [0, 0.05) is 6.92 Å². The number of amides is 2. The molecular weight excluding hydrogens is 360 g/mol. The van der Waals surface area contributed by atoms with Crippen molar-refractivity contribution in [2.45, 2.75) is 13.8 Å². The predicted molar refractivity (Wildman–Crippen MR) is 108 cm³/mol. The van der Waals surface area contributed by atoms with Crippen molar-refractivity contribution in [1.82, 2.24) is 5.32 Å². The second kappa shape index (κ2) is 10.0. The van der Waals surface area contributed by atoms with E-state index in [4.69, 9.17) is 14.2 Å². The molecule has 0 unspecified atom stereocenters. The number of nitrogens with one attached hydrogen (secondary N) is 2. The van der Waals surface area contributed by atoms with E-state index in [0.29, 0.717) is 35.1 Å². The lowest BCUT2D eigenvalue weighted by Crippen LogP contribution is -2.29. The molecule has 0 aromatic heterocycles. The summed E-state index contributed by atoms with van der Waals surface area (Å²) >= 11 is 0. The number of benzene rings is 2. The summed E-state index contributed by atoms with van der Waals surface area (Å²) in [6, 6.07) is 12.3. The van der Waals surface area contributed by atoms with E-state index in [9.17, 15) is 9.59 Å². The molecule has 2 N–H and O–H groups in total. The van der Waals surface area contributed by atoms with Crippen molar-refractivity contribution >= 4 is 23.6 Å². The maximum Gasteiger partial charge on any atom is 0.272 e. The molecule has 0 aliphatic rings. The predicted octanol–water partition coefficient (Wildman–Crippen LogP) is 3.22. The van der Waals surface area contributed by atoms with Gasteiger partial charge in [-0.25, -0.2) is 0 Å². The van der Waals surface area contributed by atoms with Crippen LogP contribution in [0.5, 0.6) is 17.2 Å². The first-order valence-corrected chi connectivity index (χ1v) is 8.73.